The van der Waals surface area contributed by atoms with Gasteiger partial charge >= 0.3 is 0 Å². The van der Waals surface area contributed by atoms with Gasteiger partial charge < -0.3 is 19.3 Å². The van der Waals surface area contributed by atoms with Crippen LogP contribution in [0.5, 0.6) is 5.75 Å². The molecule has 7 heteroatoms. The number of ether oxygens (including phenoxy) is 2. The summed E-state index contributed by atoms with van der Waals surface area (Å²) in [4.78, 5) is 28.9. The fourth-order valence-corrected chi connectivity index (χ4v) is 3.82. The predicted octanol–water partition coefficient (Wildman–Crippen LogP) is 1.83. The summed E-state index contributed by atoms with van der Waals surface area (Å²) in [7, 11) is 0. The van der Waals surface area contributed by atoms with E-state index < -0.39 is 0 Å². The van der Waals surface area contributed by atoms with Crippen LogP contribution in [0.1, 0.15) is 26.2 Å². The van der Waals surface area contributed by atoms with Crippen LogP contribution in [0.2, 0.25) is 0 Å². The minimum atomic E-state index is -0.355. The summed E-state index contributed by atoms with van der Waals surface area (Å²) in [6.07, 6.45) is 1.78. The van der Waals surface area contributed by atoms with Gasteiger partial charge in [0, 0.05) is 39.3 Å². The van der Waals surface area contributed by atoms with E-state index in [-0.39, 0.29) is 29.8 Å². The fourth-order valence-electron chi connectivity index (χ4n) is 3.82. The van der Waals surface area contributed by atoms with E-state index in [0.717, 1.165) is 12.8 Å². The third kappa shape index (κ3) is 3.98. The zero-order valence-electron chi connectivity index (χ0n) is 15.1. The Morgan fingerprint density at radius 2 is 1.96 bits per heavy atom. The second-order valence-corrected chi connectivity index (χ2v) is 6.78. The van der Waals surface area contributed by atoms with Crippen LogP contribution in [0, 0.1) is 5.82 Å². The van der Waals surface area contributed by atoms with Gasteiger partial charge in [-0.05, 0) is 44.0 Å². The molecule has 2 heterocycles. The van der Waals surface area contributed by atoms with Crippen LogP contribution in [0.4, 0.5) is 4.39 Å². The summed E-state index contributed by atoms with van der Waals surface area (Å²) in [5.41, 5.74) is -0.355. The number of nitrogens with zero attached hydrogens (tertiary/aromatic N) is 2. The Balaban J connectivity index is 1.69. The minimum Gasteiger partial charge on any atom is -0.484 e. The molecule has 0 saturated carbocycles. The van der Waals surface area contributed by atoms with Gasteiger partial charge in [-0.2, -0.15) is 0 Å². The summed E-state index contributed by atoms with van der Waals surface area (Å²) in [5.74, 6) is 0.0209. The Labute approximate surface area is 152 Å². The van der Waals surface area contributed by atoms with Gasteiger partial charge in [0.1, 0.15) is 11.6 Å². The molecule has 1 aromatic rings. The average Bonchev–Trinajstić information content (AvgIpc) is 2.78. The van der Waals surface area contributed by atoms with E-state index in [1.807, 2.05) is 11.8 Å². The molecular weight excluding hydrogens is 339 g/mol. The number of benzene rings is 1. The van der Waals surface area contributed by atoms with Crippen LogP contribution < -0.4 is 4.74 Å². The lowest BCUT2D eigenvalue weighted by molar-refractivity contribution is -0.142. The van der Waals surface area contributed by atoms with E-state index in [9.17, 15) is 14.0 Å². The number of rotatable bonds is 4. The molecule has 1 spiro atoms. The zero-order valence-corrected chi connectivity index (χ0v) is 15.1. The van der Waals surface area contributed by atoms with Gasteiger partial charge in [-0.15, -0.1) is 0 Å². The standard InChI is InChI=1S/C19H25FN2O4/c1-2-22-17(23)7-10-21(14-19(22)8-11-25-12-9-19)18(24)13-26-16-5-3-15(20)4-6-16/h3-6H,2,7-14H2,1H3. The topological polar surface area (TPSA) is 59.1 Å². The van der Waals surface area contributed by atoms with E-state index in [2.05, 4.69) is 0 Å². The molecule has 2 amide bonds. The molecule has 3 rings (SSSR count). The van der Waals surface area contributed by atoms with Crippen molar-refractivity contribution in [1.82, 2.24) is 9.80 Å². The number of hydrogen-bond acceptors (Lipinski definition) is 4. The van der Waals surface area contributed by atoms with Crippen molar-refractivity contribution in [2.75, 3.05) is 39.5 Å². The van der Waals surface area contributed by atoms with Crippen molar-refractivity contribution in [3.8, 4) is 5.75 Å². The summed E-state index contributed by atoms with van der Waals surface area (Å²) in [5, 5.41) is 0. The van der Waals surface area contributed by atoms with Crippen molar-refractivity contribution in [3.05, 3.63) is 30.1 Å². The van der Waals surface area contributed by atoms with Crippen LogP contribution in [0.15, 0.2) is 24.3 Å². The number of likely N-dealkylation sites (N-methyl/N-ethyl adjacent to an activating group) is 1. The molecule has 0 radical (unpaired) electrons. The third-order valence-corrected chi connectivity index (χ3v) is 5.22. The quantitative estimate of drug-likeness (QED) is 0.818. The summed E-state index contributed by atoms with van der Waals surface area (Å²) >= 11 is 0. The maximum Gasteiger partial charge on any atom is 0.260 e. The minimum absolute atomic E-state index is 0.0872. The Morgan fingerprint density at radius 1 is 1.27 bits per heavy atom. The summed E-state index contributed by atoms with van der Waals surface area (Å²) < 4.78 is 23.9. The van der Waals surface area contributed by atoms with Crippen molar-refractivity contribution in [2.24, 2.45) is 0 Å². The molecule has 26 heavy (non-hydrogen) atoms. The molecule has 6 nitrogen and oxygen atoms in total. The Bertz CT molecular complexity index is 643. The molecule has 1 aromatic carbocycles. The monoisotopic (exact) mass is 364 g/mol. The predicted molar refractivity (Wildman–Crippen MR) is 93.3 cm³/mol. The molecule has 0 bridgehead atoms. The van der Waals surface area contributed by atoms with Crippen LogP contribution >= 0.6 is 0 Å². The number of hydrogen-bond donors (Lipinski definition) is 0. The number of carbonyl (C=O) groups is 2. The molecular formula is C19H25FN2O4. The zero-order chi connectivity index (χ0) is 18.6. The van der Waals surface area contributed by atoms with Gasteiger partial charge in [0.05, 0.1) is 5.54 Å². The second kappa shape index (κ2) is 8.03. The van der Waals surface area contributed by atoms with Crippen molar-refractivity contribution in [1.29, 1.82) is 0 Å². The largest absolute Gasteiger partial charge is 0.484 e. The van der Waals surface area contributed by atoms with Crippen LogP contribution in [0.25, 0.3) is 0 Å². The SMILES string of the molecule is CCN1C(=O)CCN(C(=O)COc2ccc(F)cc2)CC12CCOCC2. The first kappa shape index (κ1) is 18.6. The first-order valence-electron chi connectivity index (χ1n) is 9.08. The maximum atomic E-state index is 13.0. The van der Waals surface area contributed by atoms with Gasteiger partial charge in [-0.1, -0.05) is 0 Å². The van der Waals surface area contributed by atoms with Crippen molar-refractivity contribution in [2.45, 2.75) is 31.7 Å². The second-order valence-electron chi connectivity index (χ2n) is 6.78. The highest BCUT2D eigenvalue weighted by Crippen LogP contribution is 2.32. The van der Waals surface area contributed by atoms with E-state index >= 15 is 0 Å². The van der Waals surface area contributed by atoms with Crippen LogP contribution in [-0.4, -0.2) is 66.6 Å². The first-order chi connectivity index (χ1) is 12.5. The van der Waals surface area contributed by atoms with E-state index in [1.54, 1.807) is 4.90 Å². The van der Waals surface area contributed by atoms with Crippen molar-refractivity contribution >= 4 is 11.8 Å². The molecule has 2 fully saturated rings. The molecule has 0 aromatic heterocycles. The number of carbonyl (C=O) groups excluding carboxylic acids is 2. The molecule has 0 atom stereocenters. The smallest absolute Gasteiger partial charge is 0.260 e. The third-order valence-electron chi connectivity index (χ3n) is 5.22. The lowest BCUT2D eigenvalue weighted by Crippen LogP contribution is -2.59. The molecule has 142 valence electrons. The van der Waals surface area contributed by atoms with E-state index in [4.69, 9.17) is 9.47 Å². The lowest BCUT2D eigenvalue weighted by atomic mass is 9.87. The van der Waals surface area contributed by atoms with E-state index in [1.165, 1.54) is 24.3 Å². The van der Waals surface area contributed by atoms with Gasteiger partial charge in [0.15, 0.2) is 6.61 Å². The van der Waals surface area contributed by atoms with E-state index in [0.29, 0.717) is 45.0 Å². The first-order valence-corrected chi connectivity index (χ1v) is 9.08. The molecule has 2 aliphatic heterocycles. The number of halogens is 1. The normalized spacial score (nSPS) is 20.2. The highest BCUT2D eigenvalue weighted by atomic mass is 19.1. The molecule has 0 unspecified atom stereocenters. The fraction of sp³-hybridized carbons (Fsp3) is 0.579. The summed E-state index contributed by atoms with van der Waals surface area (Å²) in [6.45, 7) is 4.57. The molecule has 2 saturated heterocycles. The highest BCUT2D eigenvalue weighted by Gasteiger charge is 2.44. The average molecular weight is 364 g/mol. The molecule has 2 aliphatic rings. The number of amides is 2. The highest BCUT2D eigenvalue weighted by molar-refractivity contribution is 5.82. The Kier molecular flexibility index (Phi) is 5.76. The summed E-state index contributed by atoms with van der Waals surface area (Å²) in [6, 6.07) is 5.57. The van der Waals surface area contributed by atoms with Gasteiger partial charge in [-0.3, -0.25) is 9.59 Å². The molecule has 0 N–H and O–H groups in total. The van der Waals surface area contributed by atoms with Crippen LogP contribution in [-0.2, 0) is 14.3 Å². The van der Waals surface area contributed by atoms with Crippen molar-refractivity contribution < 1.29 is 23.5 Å². The molecule has 0 aliphatic carbocycles. The Hall–Kier alpha value is -2.15. The maximum absolute atomic E-state index is 13.0. The van der Waals surface area contributed by atoms with Crippen molar-refractivity contribution in [3.63, 3.8) is 0 Å². The Morgan fingerprint density at radius 3 is 2.62 bits per heavy atom. The van der Waals surface area contributed by atoms with Crippen LogP contribution in [0.3, 0.4) is 0 Å². The van der Waals surface area contributed by atoms with Gasteiger partial charge in [-0.25, -0.2) is 4.39 Å². The lowest BCUT2D eigenvalue weighted by Gasteiger charge is -2.46. The van der Waals surface area contributed by atoms with Gasteiger partial charge in [0.2, 0.25) is 5.91 Å². The van der Waals surface area contributed by atoms with Gasteiger partial charge in [0.25, 0.3) is 5.91 Å².